The molecule has 0 bridgehead atoms. The van der Waals surface area contributed by atoms with Crippen molar-refractivity contribution in [1.82, 2.24) is 9.38 Å². The van der Waals surface area contributed by atoms with Gasteiger partial charge in [-0.2, -0.15) is 5.26 Å². The second kappa shape index (κ2) is 4.81. The summed E-state index contributed by atoms with van der Waals surface area (Å²) < 4.78 is 2.05. The van der Waals surface area contributed by atoms with E-state index in [1.54, 1.807) is 0 Å². The minimum Gasteiger partial charge on any atom is -0.304 e. The lowest BCUT2D eigenvalue weighted by Gasteiger charge is -2.35. The van der Waals surface area contributed by atoms with Crippen LogP contribution in [0.1, 0.15) is 44.4 Å². The minimum atomic E-state index is -0.235. The molecule has 94 valence electrons. The first-order valence-electron chi connectivity index (χ1n) is 6.61. The highest BCUT2D eigenvalue weighted by Gasteiger charge is 2.39. The van der Waals surface area contributed by atoms with Gasteiger partial charge in [0.2, 0.25) is 0 Å². The highest BCUT2D eigenvalue weighted by atomic mass is 15.0. The van der Waals surface area contributed by atoms with Gasteiger partial charge >= 0.3 is 0 Å². The summed E-state index contributed by atoms with van der Waals surface area (Å²) in [5.74, 6) is 0. The van der Waals surface area contributed by atoms with Crippen molar-refractivity contribution in [3.8, 4) is 6.07 Å². The van der Waals surface area contributed by atoms with Crippen LogP contribution < -0.4 is 0 Å². The van der Waals surface area contributed by atoms with Crippen LogP contribution >= 0.6 is 0 Å². The summed E-state index contributed by atoms with van der Waals surface area (Å²) in [7, 11) is 0. The molecule has 3 heteroatoms. The van der Waals surface area contributed by atoms with E-state index in [2.05, 4.69) is 23.2 Å². The third-order valence-electron chi connectivity index (χ3n) is 3.67. The van der Waals surface area contributed by atoms with Crippen molar-refractivity contribution in [3.05, 3.63) is 35.8 Å². The first-order chi connectivity index (χ1) is 8.75. The van der Waals surface area contributed by atoms with Crippen molar-refractivity contribution in [1.29, 1.82) is 5.26 Å². The molecule has 0 atom stereocenters. The lowest BCUT2D eigenvalue weighted by Crippen LogP contribution is -2.32. The van der Waals surface area contributed by atoms with Crippen molar-refractivity contribution >= 4 is 5.65 Å². The van der Waals surface area contributed by atoms with Crippen LogP contribution in [0.5, 0.6) is 0 Å². The third kappa shape index (κ3) is 1.78. The van der Waals surface area contributed by atoms with Crippen LogP contribution in [0, 0.1) is 18.3 Å². The van der Waals surface area contributed by atoms with E-state index in [-0.39, 0.29) is 5.41 Å². The van der Waals surface area contributed by atoms with Crippen LogP contribution in [0.4, 0.5) is 0 Å². The van der Waals surface area contributed by atoms with Crippen LogP contribution in [0.2, 0.25) is 0 Å². The highest BCUT2D eigenvalue weighted by Crippen LogP contribution is 2.43. The molecule has 1 saturated carbocycles. The van der Waals surface area contributed by atoms with Gasteiger partial charge in [-0.25, -0.2) is 4.98 Å². The first-order valence-corrected chi connectivity index (χ1v) is 6.61. The third-order valence-corrected chi connectivity index (χ3v) is 3.67. The van der Waals surface area contributed by atoms with Crippen molar-refractivity contribution in [2.45, 2.75) is 45.4 Å². The Hall–Kier alpha value is -1.82. The monoisotopic (exact) mass is 241 g/mol. The Bertz CT molecular complexity index is 585. The molecule has 0 aliphatic heterocycles. The van der Waals surface area contributed by atoms with E-state index in [9.17, 15) is 5.26 Å². The molecule has 0 aromatic carbocycles. The van der Waals surface area contributed by atoms with E-state index >= 15 is 0 Å². The van der Waals surface area contributed by atoms with Crippen LogP contribution in [0.25, 0.3) is 5.65 Å². The van der Waals surface area contributed by atoms with E-state index in [1.165, 1.54) is 0 Å². The van der Waals surface area contributed by atoms with Gasteiger partial charge in [-0.1, -0.05) is 13.8 Å². The minimum absolute atomic E-state index is 0.235. The molecule has 1 fully saturated rings. The van der Waals surface area contributed by atoms with Gasteiger partial charge in [-0.15, -0.1) is 0 Å². The van der Waals surface area contributed by atoms with Gasteiger partial charge in [0.05, 0.1) is 11.5 Å². The molecule has 2 heterocycles. The van der Waals surface area contributed by atoms with Crippen LogP contribution in [0.15, 0.2) is 24.5 Å². The van der Waals surface area contributed by atoms with Gasteiger partial charge in [0.1, 0.15) is 5.65 Å². The molecule has 0 spiro atoms. The smallest absolute Gasteiger partial charge is 0.137 e. The summed E-state index contributed by atoms with van der Waals surface area (Å²) in [6.45, 7) is 6.03. The zero-order valence-corrected chi connectivity index (χ0v) is 11.3. The molecule has 18 heavy (non-hydrogen) atoms. The molecule has 2 aromatic rings. The van der Waals surface area contributed by atoms with Crippen molar-refractivity contribution in [2.75, 3.05) is 0 Å². The van der Waals surface area contributed by atoms with E-state index in [0.717, 1.165) is 36.2 Å². The zero-order chi connectivity index (χ0) is 13.2. The largest absolute Gasteiger partial charge is 0.304 e. The average molecular weight is 241 g/mol. The Morgan fingerprint density at radius 3 is 2.67 bits per heavy atom. The Morgan fingerprint density at radius 2 is 2.11 bits per heavy atom. The predicted octanol–water partition coefficient (Wildman–Crippen LogP) is 3.61. The van der Waals surface area contributed by atoms with Gasteiger partial charge in [0.15, 0.2) is 0 Å². The van der Waals surface area contributed by atoms with Gasteiger partial charge in [0.25, 0.3) is 0 Å². The Labute approximate surface area is 108 Å². The predicted molar refractivity (Wildman–Crippen MR) is 72.4 cm³/mol. The van der Waals surface area contributed by atoms with Crippen LogP contribution in [-0.2, 0) is 5.41 Å². The topological polar surface area (TPSA) is 41.1 Å². The molecule has 0 N–H and O–H groups in total. The Balaban J connectivity index is 0.000000574. The average Bonchev–Trinajstić information content (AvgIpc) is 2.73. The SMILES string of the molecule is CC.Cc1cnc2cc(C3(C#N)CCC3)ccn12. The number of nitrogens with zero attached hydrogens (tertiary/aromatic N) is 3. The molecule has 1 aliphatic rings. The summed E-state index contributed by atoms with van der Waals surface area (Å²) in [6.07, 6.45) is 7.01. The van der Waals surface area contributed by atoms with Gasteiger partial charge < -0.3 is 4.40 Å². The molecule has 0 saturated heterocycles. The highest BCUT2D eigenvalue weighted by molar-refractivity contribution is 5.48. The normalized spacial score (nSPS) is 16.3. The number of nitriles is 1. The number of aryl methyl sites for hydroxylation is 1. The number of fused-ring (bicyclic) bond motifs is 1. The summed E-state index contributed by atoms with van der Waals surface area (Å²) in [6, 6.07) is 6.58. The molecule has 0 amide bonds. The maximum atomic E-state index is 9.29. The van der Waals surface area contributed by atoms with Crippen LogP contribution in [-0.4, -0.2) is 9.38 Å². The Morgan fingerprint density at radius 1 is 1.39 bits per heavy atom. The number of pyridine rings is 1. The number of imidazole rings is 1. The van der Waals surface area contributed by atoms with Crippen LogP contribution in [0.3, 0.4) is 0 Å². The molecule has 1 aliphatic carbocycles. The quantitative estimate of drug-likeness (QED) is 0.765. The lowest BCUT2D eigenvalue weighted by atomic mass is 9.66. The summed E-state index contributed by atoms with van der Waals surface area (Å²) in [5, 5.41) is 9.29. The van der Waals surface area contributed by atoms with Crippen molar-refractivity contribution in [3.63, 3.8) is 0 Å². The van der Waals surface area contributed by atoms with Gasteiger partial charge in [-0.05, 0) is 43.9 Å². The molecule has 3 nitrogen and oxygen atoms in total. The number of hydrogen-bond donors (Lipinski definition) is 0. The maximum Gasteiger partial charge on any atom is 0.137 e. The lowest BCUT2D eigenvalue weighted by molar-refractivity contribution is 0.324. The molecular weight excluding hydrogens is 222 g/mol. The summed E-state index contributed by atoms with van der Waals surface area (Å²) in [4.78, 5) is 4.34. The van der Waals surface area contributed by atoms with Gasteiger partial charge in [-0.3, -0.25) is 0 Å². The number of rotatable bonds is 1. The first kappa shape index (κ1) is 12.6. The fraction of sp³-hybridized carbons (Fsp3) is 0.467. The van der Waals surface area contributed by atoms with Crippen molar-refractivity contribution < 1.29 is 0 Å². The van der Waals surface area contributed by atoms with E-state index < -0.39 is 0 Å². The molecule has 3 rings (SSSR count). The summed E-state index contributed by atoms with van der Waals surface area (Å²) in [5.41, 5.74) is 2.96. The van der Waals surface area contributed by atoms with E-state index in [1.807, 2.05) is 37.6 Å². The second-order valence-corrected chi connectivity index (χ2v) is 4.59. The van der Waals surface area contributed by atoms with E-state index in [0.29, 0.717) is 0 Å². The summed E-state index contributed by atoms with van der Waals surface area (Å²) >= 11 is 0. The molecule has 2 aromatic heterocycles. The Kier molecular flexibility index (Phi) is 3.38. The molecule has 0 radical (unpaired) electrons. The fourth-order valence-corrected chi connectivity index (χ4v) is 2.40. The second-order valence-electron chi connectivity index (χ2n) is 4.59. The maximum absolute atomic E-state index is 9.29. The van der Waals surface area contributed by atoms with Gasteiger partial charge in [0, 0.05) is 18.1 Å². The van der Waals surface area contributed by atoms with E-state index in [4.69, 9.17) is 0 Å². The van der Waals surface area contributed by atoms with Crippen molar-refractivity contribution in [2.24, 2.45) is 0 Å². The fourth-order valence-electron chi connectivity index (χ4n) is 2.40. The number of hydrogen-bond acceptors (Lipinski definition) is 2. The number of aromatic nitrogens is 2. The standard InChI is InChI=1S/C13H13N3.C2H6/c1-10-8-15-12-7-11(3-6-16(10)12)13(9-14)4-2-5-13;1-2/h3,6-8H,2,4-5H2,1H3;1-2H3. The molecule has 0 unspecified atom stereocenters. The zero-order valence-electron chi connectivity index (χ0n) is 11.3. The molecular formula is C15H19N3.